The highest BCUT2D eigenvalue weighted by atomic mass is 15.2. The summed E-state index contributed by atoms with van der Waals surface area (Å²) in [6, 6.07) is 119. The van der Waals surface area contributed by atoms with Crippen LogP contribution >= 0.6 is 0 Å². The van der Waals surface area contributed by atoms with Crippen LogP contribution in [0.1, 0.15) is 0 Å². The van der Waals surface area contributed by atoms with Gasteiger partial charge in [-0.3, -0.25) is 0 Å². The Kier molecular flexibility index (Phi) is 14.4. The minimum absolute atomic E-state index is 0.784. The summed E-state index contributed by atoms with van der Waals surface area (Å²) in [6.45, 7) is 0. The first kappa shape index (κ1) is 50.4. The van der Waals surface area contributed by atoms with E-state index in [0.717, 1.165) is 113 Å². The molecule has 0 saturated carbocycles. The van der Waals surface area contributed by atoms with Crippen molar-refractivity contribution in [1.82, 2.24) is 9.97 Å². The average Bonchev–Trinajstić information content (AvgIpc) is 3.66. The molecule has 6 nitrogen and oxygen atoms in total. The molecule has 0 aliphatic heterocycles. The highest BCUT2D eigenvalue weighted by molar-refractivity contribution is 5.89. The van der Waals surface area contributed by atoms with E-state index in [1.807, 2.05) is 12.1 Å². The van der Waals surface area contributed by atoms with Crippen molar-refractivity contribution in [3.63, 3.8) is 0 Å². The number of rotatable bonds is 16. The maximum atomic E-state index is 5.66. The third-order valence-corrected chi connectivity index (χ3v) is 14.6. The van der Waals surface area contributed by atoms with Gasteiger partial charge in [0.15, 0.2) is 0 Å². The first-order valence-corrected chi connectivity index (χ1v) is 27.6. The second kappa shape index (κ2) is 23.5. The molecule has 0 aliphatic carbocycles. The maximum absolute atomic E-state index is 5.66. The fraction of sp³-hybridized carbons (Fsp3) is 0. The van der Waals surface area contributed by atoms with Crippen LogP contribution in [0.5, 0.6) is 0 Å². The summed E-state index contributed by atoms with van der Waals surface area (Å²) >= 11 is 0. The van der Waals surface area contributed by atoms with E-state index < -0.39 is 0 Å². The molecule has 0 fully saturated rings. The van der Waals surface area contributed by atoms with Gasteiger partial charge < -0.3 is 19.6 Å². The third kappa shape index (κ3) is 10.6. The van der Waals surface area contributed by atoms with Gasteiger partial charge in [0, 0.05) is 90.5 Å². The quantitative estimate of drug-likeness (QED) is 0.0960. The number of hydrogen-bond acceptors (Lipinski definition) is 6. The highest BCUT2D eigenvalue weighted by Gasteiger charge is 2.23. The molecule has 1 heterocycles. The van der Waals surface area contributed by atoms with Crippen molar-refractivity contribution in [2.24, 2.45) is 0 Å². The SMILES string of the molecule is c1ccc(-c2nc(-c3ccc(N(c4ccccc4)c4ccc(N(c5ccccc5)c5ccccc5)cc4)cc3)c(-c3ccc(N(c4ccccc4)c4ccc(N(c5ccccc5)c5ccccc5)cc4)cc3)nc2-c2ccccc2)cc1. The zero-order chi connectivity index (χ0) is 54.9. The van der Waals surface area contributed by atoms with E-state index in [4.69, 9.17) is 9.97 Å². The molecule has 13 rings (SSSR count). The Balaban J connectivity index is 0.895. The van der Waals surface area contributed by atoms with Gasteiger partial charge in [0.05, 0.1) is 22.8 Å². The summed E-state index contributed by atoms with van der Waals surface area (Å²) < 4.78 is 0. The van der Waals surface area contributed by atoms with Gasteiger partial charge >= 0.3 is 0 Å². The summed E-state index contributed by atoms with van der Waals surface area (Å²) in [5.74, 6) is 0. The Bertz CT molecular complexity index is 3780. The lowest BCUT2D eigenvalue weighted by atomic mass is 9.99. The van der Waals surface area contributed by atoms with Crippen LogP contribution in [0.25, 0.3) is 45.0 Å². The van der Waals surface area contributed by atoms with E-state index in [1.54, 1.807) is 0 Å². The van der Waals surface area contributed by atoms with Crippen LogP contribution < -0.4 is 19.6 Å². The van der Waals surface area contributed by atoms with Crippen LogP contribution in [0.3, 0.4) is 0 Å². The fourth-order valence-corrected chi connectivity index (χ4v) is 10.7. The molecule has 0 bridgehead atoms. The molecule has 12 aromatic carbocycles. The first-order valence-electron chi connectivity index (χ1n) is 27.6. The molecule has 0 N–H and O–H groups in total. The Morgan fingerprint density at radius 2 is 0.268 bits per heavy atom. The molecule has 13 aromatic rings. The van der Waals surface area contributed by atoms with Gasteiger partial charge in [0.1, 0.15) is 0 Å². The van der Waals surface area contributed by atoms with E-state index in [2.05, 4.69) is 347 Å². The number of aromatic nitrogens is 2. The lowest BCUT2D eigenvalue weighted by molar-refractivity contribution is 1.21. The molecule has 0 aliphatic rings. The Labute approximate surface area is 480 Å². The summed E-state index contributed by atoms with van der Waals surface area (Å²) in [5.41, 5.74) is 19.7. The molecule has 390 valence electrons. The number of anilines is 12. The van der Waals surface area contributed by atoms with Crippen LogP contribution in [-0.4, -0.2) is 9.97 Å². The molecular formula is C76H56N6. The molecule has 1 aromatic heterocycles. The molecule has 0 atom stereocenters. The molecule has 0 amide bonds. The van der Waals surface area contributed by atoms with E-state index >= 15 is 0 Å². The predicted octanol–water partition coefficient (Wildman–Crippen LogP) is 21.0. The monoisotopic (exact) mass is 1050 g/mol. The number of hydrogen-bond donors (Lipinski definition) is 0. The summed E-state index contributed by atoms with van der Waals surface area (Å²) in [7, 11) is 0. The molecule has 0 unspecified atom stereocenters. The van der Waals surface area contributed by atoms with Crippen molar-refractivity contribution in [1.29, 1.82) is 0 Å². The normalized spacial score (nSPS) is 10.9. The van der Waals surface area contributed by atoms with E-state index in [1.165, 1.54) is 0 Å². The van der Waals surface area contributed by atoms with Gasteiger partial charge in [-0.2, -0.15) is 0 Å². The second-order valence-electron chi connectivity index (χ2n) is 19.8. The zero-order valence-electron chi connectivity index (χ0n) is 45.0. The van der Waals surface area contributed by atoms with Crippen molar-refractivity contribution in [2.75, 3.05) is 19.6 Å². The first-order chi connectivity index (χ1) is 40.7. The van der Waals surface area contributed by atoms with Crippen LogP contribution in [-0.2, 0) is 0 Å². The highest BCUT2D eigenvalue weighted by Crippen LogP contribution is 2.44. The number of para-hydroxylation sites is 6. The molecule has 6 heteroatoms. The minimum atomic E-state index is 0.784. The number of benzene rings is 12. The van der Waals surface area contributed by atoms with Gasteiger partial charge in [0.2, 0.25) is 0 Å². The second-order valence-corrected chi connectivity index (χ2v) is 19.8. The fourth-order valence-electron chi connectivity index (χ4n) is 10.7. The van der Waals surface area contributed by atoms with Gasteiger partial charge in [-0.25, -0.2) is 9.97 Å². The van der Waals surface area contributed by atoms with Crippen LogP contribution in [0, 0.1) is 0 Å². The van der Waals surface area contributed by atoms with Crippen molar-refractivity contribution >= 4 is 68.2 Å². The minimum Gasteiger partial charge on any atom is -0.311 e. The molecule has 0 radical (unpaired) electrons. The van der Waals surface area contributed by atoms with Gasteiger partial charge in [-0.05, 0) is 146 Å². The molecule has 82 heavy (non-hydrogen) atoms. The summed E-state index contributed by atoms with van der Waals surface area (Å²) in [5, 5.41) is 0. The van der Waals surface area contributed by atoms with Crippen LogP contribution in [0.4, 0.5) is 68.2 Å². The predicted molar refractivity (Wildman–Crippen MR) is 343 cm³/mol. The smallest absolute Gasteiger partial charge is 0.0973 e. The number of nitrogens with zero attached hydrogens (tertiary/aromatic N) is 6. The molecule has 0 saturated heterocycles. The topological polar surface area (TPSA) is 38.7 Å². The maximum Gasteiger partial charge on any atom is 0.0973 e. The molecule has 0 spiro atoms. The Morgan fingerprint density at radius 1 is 0.134 bits per heavy atom. The third-order valence-electron chi connectivity index (χ3n) is 14.6. The van der Waals surface area contributed by atoms with Gasteiger partial charge in [0.25, 0.3) is 0 Å². The summed E-state index contributed by atoms with van der Waals surface area (Å²) in [4.78, 5) is 20.5. The van der Waals surface area contributed by atoms with E-state index in [0.29, 0.717) is 0 Å². The van der Waals surface area contributed by atoms with Crippen LogP contribution in [0.2, 0.25) is 0 Å². The molecular weight excluding hydrogens is 997 g/mol. The van der Waals surface area contributed by atoms with Crippen LogP contribution in [0.15, 0.2) is 340 Å². The van der Waals surface area contributed by atoms with Gasteiger partial charge in [-0.15, -0.1) is 0 Å². The van der Waals surface area contributed by atoms with Crippen molar-refractivity contribution in [3.8, 4) is 45.0 Å². The van der Waals surface area contributed by atoms with Gasteiger partial charge in [-0.1, -0.05) is 194 Å². The summed E-state index contributed by atoms with van der Waals surface area (Å²) in [6.07, 6.45) is 0. The lowest BCUT2D eigenvalue weighted by Gasteiger charge is -2.28. The zero-order valence-corrected chi connectivity index (χ0v) is 45.0. The van der Waals surface area contributed by atoms with E-state index in [-0.39, 0.29) is 0 Å². The van der Waals surface area contributed by atoms with Crippen molar-refractivity contribution < 1.29 is 0 Å². The van der Waals surface area contributed by atoms with E-state index in [9.17, 15) is 0 Å². The van der Waals surface area contributed by atoms with Crippen molar-refractivity contribution in [3.05, 3.63) is 340 Å². The Morgan fingerprint density at radius 3 is 0.451 bits per heavy atom. The standard InChI is InChI=1S/C76H56N6/c1-9-25-57(26-10-1)73-74(58-27-11-2-12-28-58)78-76(60-43-47-68(48-44-60)82(66-39-23-8-24-40-66)72-55-51-70(52-56-72)80(63-33-17-5-18-34-63)64-35-19-6-20-36-64)75(77-73)59-41-45-67(46-42-59)81(65-37-21-7-22-38-65)71-53-49-69(50-54-71)79(61-29-13-3-14-30-61)62-31-15-4-16-32-62/h1-56H. The lowest BCUT2D eigenvalue weighted by Crippen LogP contribution is -2.12. The largest absolute Gasteiger partial charge is 0.311 e. The average molecular weight is 1050 g/mol. The van der Waals surface area contributed by atoms with Crippen molar-refractivity contribution in [2.45, 2.75) is 0 Å². The Hall–Kier alpha value is -11.1.